The second kappa shape index (κ2) is 7.90. The fourth-order valence-electron chi connectivity index (χ4n) is 2.82. The number of nitrogens with one attached hydrogen (secondary N) is 1. The zero-order valence-corrected chi connectivity index (χ0v) is 15.2. The number of ether oxygens (including phenoxy) is 1. The Morgan fingerprint density at radius 3 is 2.80 bits per heavy atom. The molecule has 1 heterocycles. The number of rotatable bonds is 5. The first-order valence-electron chi connectivity index (χ1n) is 7.12. The molecule has 0 amide bonds. The van der Waals surface area contributed by atoms with Crippen LogP contribution in [0.2, 0.25) is 0 Å². The van der Waals surface area contributed by atoms with Gasteiger partial charge in [-0.25, -0.2) is 0 Å². The molecule has 2 unspecified atom stereocenters. The van der Waals surface area contributed by atoms with Crippen LogP contribution in [-0.4, -0.2) is 44.3 Å². The molecule has 2 rings (SSSR count). The minimum Gasteiger partial charge on any atom is -0.374 e. The average molecular weight is 406 g/mol. The quantitative estimate of drug-likeness (QED) is 0.810. The normalized spacial score (nSPS) is 24.0. The van der Waals surface area contributed by atoms with Crippen LogP contribution >= 0.6 is 31.9 Å². The SMILES string of the molecule is CCCN1CCOC(CNC)C1c1ccc(Br)c(Br)c1. The van der Waals surface area contributed by atoms with Gasteiger partial charge in [0.05, 0.1) is 18.8 Å². The van der Waals surface area contributed by atoms with E-state index >= 15 is 0 Å². The van der Waals surface area contributed by atoms with Crippen LogP contribution < -0.4 is 5.32 Å². The number of halogens is 2. The molecule has 0 aliphatic carbocycles. The molecule has 112 valence electrons. The molecule has 0 spiro atoms. The number of hydrogen-bond donors (Lipinski definition) is 1. The van der Waals surface area contributed by atoms with E-state index in [1.165, 1.54) is 12.0 Å². The van der Waals surface area contributed by atoms with E-state index in [1.807, 2.05) is 7.05 Å². The van der Waals surface area contributed by atoms with E-state index in [2.05, 4.69) is 67.2 Å². The van der Waals surface area contributed by atoms with E-state index in [4.69, 9.17) is 4.74 Å². The summed E-state index contributed by atoms with van der Waals surface area (Å²) in [6, 6.07) is 6.82. The summed E-state index contributed by atoms with van der Waals surface area (Å²) in [5.74, 6) is 0. The van der Waals surface area contributed by atoms with E-state index < -0.39 is 0 Å². The highest BCUT2D eigenvalue weighted by molar-refractivity contribution is 9.13. The van der Waals surface area contributed by atoms with Gasteiger partial charge in [0.2, 0.25) is 0 Å². The van der Waals surface area contributed by atoms with E-state index in [0.717, 1.165) is 35.2 Å². The average Bonchev–Trinajstić information content (AvgIpc) is 2.43. The maximum absolute atomic E-state index is 6.00. The number of nitrogens with zero attached hydrogens (tertiary/aromatic N) is 1. The summed E-state index contributed by atoms with van der Waals surface area (Å²) in [6.45, 7) is 6.05. The Balaban J connectivity index is 2.29. The molecular weight excluding hydrogens is 384 g/mol. The smallest absolute Gasteiger partial charge is 0.0896 e. The first-order chi connectivity index (χ1) is 9.67. The van der Waals surface area contributed by atoms with Crippen LogP contribution in [0.15, 0.2) is 27.1 Å². The molecule has 0 saturated carbocycles. The summed E-state index contributed by atoms with van der Waals surface area (Å²) in [6.07, 6.45) is 1.37. The second-order valence-electron chi connectivity index (χ2n) is 5.12. The Labute approximate surface area is 138 Å². The molecule has 3 nitrogen and oxygen atoms in total. The van der Waals surface area contributed by atoms with E-state index in [1.54, 1.807) is 0 Å². The van der Waals surface area contributed by atoms with Gasteiger partial charge >= 0.3 is 0 Å². The van der Waals surface area contributed by atoms with Gasteiger partial charge in [-0.3, -0.25) is 4.90 Å². The highest BCUT2D eigenvalue weighted by Crippen LogP contribution is 2.33. The molecular formula is C15H22Br2N2O. The molecule has 1 fully saturated rings. The fourth-order valence-corrected chi connectivity index (χ4v) is 3.46. The minimum atomic E-state index is 0.202. The van der Waals surface area contributed by atoms with Crippen LogP contribution in [0.3, 0.4) is 0 Å². The highest BCUT2D eigenvalue weighted by atomic mass is 79.9. The number of hydrogen-bond acceptors (Lipinski definition) is 3. The lowest BCUT2D eigenvalue weighted by atomic mass is 9.97. The van der Waals surface area contributed by atoms with Crippen LogP contribution in [0.1, 0.15) is 24.9 Å². The Kier molecular flexibility index (Phi) is 6.49. The monoisotopic (exact) mass is 404 g/mol. The molecule has 1 aliphatic rings. The van der Waals surface area contributed by atoms with Gasteiger partial charge in [0.25, 0.3) is 0 Å². The molecule has 5 heteroatoms. The number of morpholine rings is 1. The molecule has 0 aromatic heterocycles. The predicted molar refractivity (Wildman–Crippen MR) is 90.1 cm³/mol. The summed E-state index contributed by atoms with van der Waals surface area (Å²) < 4.78 is 8.19. The van der Waals surface area contributed by atoms with Gasteiger partial charge in [0.15, 0.2) is 0 Å². The Hall–Kier alpha value is 0.0600. The van der Waals surface area contributed by atoms with Crippen LogP contribution in [0, 0.1) is 0 Å². The summed E-state index contributed by atoms with van der Waals surface area (Å²) >= 11 is 7.15. The molecule has 2 atom stereocenters. The molecule has 1 N–H and O–H groups in total. The number of benzene rings is 1. The molecule has 0 bridgehead atoms. The van der Waals surface area contributed by atoms with Crippen molar-refractivity contribution in [2.75, 3.05) is 33.3 Å². The lowest BCUT2D eigenvalue weighted by Crippen LogP contribution is -2.48. The van der Waals surface area contributed by atoms with E-state index in [0.29, 0.717) is 6.04 Å². The first-order valence-corrected chi connectivity index (χ1v) is 8.71. The number of likely N-dealkylation sites (N-methyl/N-ethyl adjacent to an activating group) is 1. The van der Waals surface area contributed by atoms with Gasteiger partial charge in [0, 0.05) is 22.0 Å². The van der Waals surface area contributed by atoms with Crippen LogP contribution in [0.25, 0.3) is 0 Å². The first kappa shape index (κ1) is 16.4. The molecule has 1 saturated heterocycles. The minimum absolute atomic E-state index is 0.202. The Morgan fingerprint density at radius 2 is 2.15 bits per heavy atom. The standard InChI is InChI=1S/C15H22Br2N2O/c1-3-6-19-7-8-20-14(10-18-2)15(19)11-4-5-12(16)13(17)9-11/h4-5,9,14-15,18H,3,6-8,10H2,1-2H3. The van der Waals surface area contributed by atoms with Crippen molar-refractivity contribution < 1.29 is 4.74 Å². The van der Waals surface area contributed by atoms with Crippen molar-refractivity contribution in [3.05, 3.63) is 32.7 Å². The Morgan fingerprint density at radius 1 is 1.35 bits per heavy atom. The van der Waals surface area contributed by atoms with Crippen molar-refractivity contribution in [2.45, 2.75) is 25.5 Å². The maximum Gasteiger partial charge on any atom is 0.0896 e. The molecule has 20 heavy (non-hydrogen) atoms. The summed E-state index contributed by atoms with van der Waals surface area (Å²) in [5, 5.41) is 3.25. The summed E-state index contributed by atoms with van der Waals surface area (Å²) in [7, 11) is 1.98. The van der Waals surface area contributed by atoms with Crippen molar-refractivity contribution in [1.29, 1.82) is 0 Å². The van der Waals surface area contributed by atoms with Gasteiger partial charge in [-0.05, 0) is 69.6 Å². The maximum atomic E-state index is 6.00. The Bertz CT molecular complexity index is 424. The van der Waals surface area contributed by atoms with E-state index in [-0.39, 0.29) is 6.10 Å². The zero-order valence-electron chi connectivity index (χ0n) is 12.0. The van der Waals surface area contributed by atoms with Crippen molar-refractivity contribution in [2.24, 2.45) is 0 Å². The highest BCUT2D eigenvalue weighted by Gasteiger charge is 2.32. The van der Waals surface area contributed by atoms with Crippen molar-refractivity contribution in [3.63, 3.8) is 0 Å². The lowest BCUT2D eigenvalue weighted by Gasteiger charge is -2.41. The lowest BCUT2D eigenvalue weighted by molar-refractivity contribution is -0.0704. The van der Waals surface area contributed by atoms with Crippen LogP contribution in [0.5, 0.6) is 0 Å². The summed E-state index contributed by atoms with van der Waals surface area (Å²) in [5.41, 5.74) is 1.31. The van der Waals surface area contributed by atoms with Gasteiger partial charge in [0.1, 0.15) is 0 Å². The fraction of sp³-hybridized carbons (Fsp3) is 0.600. The molecule has 1 aromatic rings. The molecule has 0 radical (unpaired) electrons. The second-order valence-corrected chi connectivity index (χ2v) is 6.83. The zero-order chi connectivity index (χ0) is 14.5. The van der Waals surface area contributed by atoms with Crippen LogP contribution in [0.4, 0.5) is 0 Å². The third-order valence-electron chi connectivity index (χ3n) is 3.66. The van der Waals surface area contributed by atoms with Crippen molar-refractivity contribution >= 4 is 31.9 Å². The van der Waals surface area contributed by atoms with E-state index in [9.17, 15) is 0 Å². The van der Waals surface area contributed by atoms with Gasteiger partial charge in [-0.2, -0.15) is 0 Å². The molecule has 1 aromatic carbocycles. The van der Waals surface area contributed by atoms with Crippen LogP contribution in [-0.2, 0) is 4.74 Å². The molecule has 1 aliphatic heterocycles. The van der Waals surface area contributed by atoms with Gasteiger partial charge in [-0.1, -0.05) is 13.0 Å². The third-order valence-corrected chi connectivity index (χ3v) is 5.54. The van der Waals surface area contributed by atoms with Crippen molar-refractivity contribution in [3.8, 4) is 0 Å². The predicted octanol–water partition coefficient (Wildman–Crippen LogP) is 3.58. The topological polar surface area (TPSA) is 24.5 Å². The third kappa shape index (κ3) is 3.83. The van der Waals surface area contributed by atoms with Crippen molar-refractivity contribution in [1.82, 2.24) is 10.2 Å². The largest absolute Gasteiger partial charge is 0.374 e. The van der Waals surface area contributed by atoms with Gasteiger partial charge < -0.3 is 10.1 Å². The summed E-state index contributed by atoms with van der Waals surface area (Å²) in [4.78, 5) is 2.54. The van der Waals surface area contributed by atoms with Gasteiger partial charge in [-0.15, -0.1) is 0 Å².